The topological polar surface area (TPSA) is 96.9 Å². The quantitative estimate of drug-likeness (QED) is 0.745. The fourth-order valence-corrected chi connectivity index (χ4v) is 1.71. The van der Waals surface area contributed by atoms with Crippen molar-refractivity contribution in [2.75, 3.05) is 19.5 Å². The summed E-state index contributed by atoms with van der Waals surface area (Å²) in [5.41, 5.74) is 0.420. The molecule has 1 aromatic rings. The van der Waals surface area contributed by atoms with Gasteiger partial charge >= 0.3 is 12.0 Å². The maximum Gasteiger partial charge on any atom is 0.326 e. The van der Waals surface area contributed by atoms with Crippen LogP contribution in [0.5, 0.6) is 11.5 Å². The second-order valence-corrected chi connectivity index (χ2v) is 4.72. The lowest BCUT2D eigenvalue weighted by molar-refractivity contribution is -0.140. The van der Waals surface area contributed by atoms with Gasteiger partial charge in [0.05, 0.1) is 19.9 Å². The smallest absolute Gasteiger partial charge is 0.326 e. The highest BCUT2D eigenvalue weighted by atomic mass is 16.5. The first-order chi connectivity index (χ1) is 9.88. The molecule has 0 radical (unpaired) electrons. The Bertz CT molecular complexity index is 516. The summed E-state index contributed by atoms with van der Waals surface area (Å²) >= 11 is 0. The number of aliphatic carboxylic acids is 1. The number of rotatable bonds is 6. The van der Waals surface area contributed by atoms with E-state index in [2.05, 4.69) is 10.6 Å². The number of hydrogen-bond donors (Lipinski definition) is 3. The minimum Gasteiger partial charge on any atom is -0.497 e. The molecule has 0 aliphatic heterocycles. The van der Waals surface area contributed by atoms with E-state index in [9.17, 15) is 9.59 Å². The number of carbonyl (C=O) groups is 2. The Kier molecular flexibility index (Phi) is 5.83. The summed E-state index contributed by atoms with van der Waals surface area (Å²) in [6.45, 7) is 3.43. The van der Waals surface area contributed by atoms with E-state index in [1.807, 2.05) is 0 Å². The van der Waals surface area contributed by atoms with Crippen LogP contribution in [0.25, 0.3) is 0 Å². The molecule has 7 nitrogen and oxygen atoms in total. The first-order valence-electron chi connectivity index (χ1n) is 6.41. The second kappa shape index (κ2) is 7.37. The van der Waals surface area contributed by atoms with E-state index in [0.29, 0.717) is 17.2 Å². The van der Waals surface area contributed by atoms with E-state index in [4.69, 9.17) is 14.6 Å². The number of carbonyl (C=O) groups excluding carboxylic acids is 1. The van der Waals surface area contributed by atoms with Crippen LogP contribution in [0.3, 0.4) is 0 Å². The van der Waals surface area contributed by atoms with Crippen molar-refractivity contribution in [1.29, 1.82) is 0 Å². The summed E-state index contributed by atoms with van der Waals surface area (Å²) in [5, 5.41) is 14.0. The van der Waals surface area contributed by atoms with Crippen LogP contribution < -0.4 is 20.1 Å². The number of ether oxygens (including phenoxy) is 2. The molecule has 1 rings (SSSR count). The van der Waals surface area contributed by atoms with Crippen LogP contribution in [0, 0.1) is 5.92 Å². The SMILES string of the molecule is COc1ccc(NC(=O)N[C@H](C(=O)O)C(C)C)c(OC)c1. The first kappa shape index (κ1) is 16.6. The van der Waals surface area contributed by atoms with Crippen molar-refractivity contribution in [1.82, 2.24) is 5.32 Å². The van der Waals surface area contributed by atoms with Gasteiger partial charge in [0.15, 0.2) is 0 Å². The largest absolute Gasteiger partial charge is 0.497 e. The number of urea groups is 1. The van der Waals surface area contributed by atoms with E-state index < -0.39 is 18.0 Å². The van der Waals surface area contributed by atoms with Crippen molar-refractivity contribution in [3.8, 4) is 11.5 Å². The average Bonchev–Trinajstić information content (AvgIpc) is 2.44. The lowest BCUT2D eigenvalue weighted by atomic mass is 10.1. The predicted molar refractivity (Wildman–Crippen MR) is 78.0 cm³/mol. The summed E-state index contributed by atoms with van der Waals surface area (Å²) in [6, 6.07) is 3.32. The molecule has 1 atom stereocenters. The normalized spacial score (nSPS) is 11.7. The van der Waals surface area contributed by atoms with Gasteiger partial charge in [0.25, 0.3) is 0 Å². The number of anilines is 1. The fourth-order valence-electron chi connectivity index (χ4n) is 1.71. The molecule has 0 aliphatic carbocycles. The highest BCUT2D eigenvalue weighted by Gasteiger charge is 2.23. The molecule has 0 bridgehead atoms. The van der Waals surface area contributed by atoms with Crippen molar-refractivity contribution in [3.05, 3.63) is 18.2 Å². The maximum absolute atomic E-state index is 11.9. The van der Waals surface area contributed by atoms with Crippen LogP contribution in [0.4, 0.5) is 10.5 Å². The minimum absolute atomic E-state index is 0.231. The van der Waals surface area contributed by atoms with Gasteiger partial charge in [-0.05, 0) is 18.1 Å². The van der Waals surface area contributed by atoms with Crippen molar-refractivity contribution in [2.24, 2.45) is 5.92 Å². The monoisotopic (exact) mass is 296 g/mol. The molecule has 21 heavy (non-hydrogen) atoms. The Morgan fingerprint density at radius 1 is 1.19 bits per heavy atom. The van der Waals surface area contributed by atoms with Crippen molar-refractivity contribution >= 4 is 17.7 Å². The van der Waals surface area contributed by atoms with Gasteiger partial charge in [0, 0.05) is 6.07 Å². The predicted octanol–water partition coefficient (Wildman–Crippen LogP) is 1.93. The Morgan fingerprint density at radius 3 is 2.33 bits per heavy atom. The zero-order chi connectivity index (χ0) is 16.0. The number of methoxy groups -OCH3 is 2. The maximum atomic E-state index is 11.9. The molecule has 0 saturated carbocycles. The number of nitrogens with one attached hydrogen (secondary N) is 2. The van der Waals surface area contributed by atoms with E-state index in [-0.39, 0.29) is 5.92 Å². The third-order valence-electron chi connectivity index (χ3n) is 2.88. The second-order valence-electron chi connectivity index (χ2n) is 4.72. The van der Waals surface area contributed by atoms with Crippen LogP contribution >= 0.6 is 0 Å². The Labute approximate surface area is 123 Å². The molecule has 0 aliphatic rings. The number of amides is 2. The lowest BCUT2D eigenvalue weighted by Gasteiger charge is -2.19. The molecule has 116 valence electrons. The Hall–Kier alpha value is -2.44. The van der Waals surface area contributed by atoms with Crippen LogP contribution in [0.15, 0.2) is 18.2 Å². The molecule has 0 fully saturated rings. The van der Waals surface area contributed by atoms with Crippen LogP contribution in [-0.4, -0.2) is 37.4 Å². The number of carboxylic acid groups (broad SMARTS) is 1. The molecular formula is C14H20N2O5. The van der Waals surface area contributed by atoms with Gasteiger partial charge in [0.2, 0.25) is 0 Å². The summed E-state index contributed by atoms with van der Waals surface area (Å²) in [6.07, 6.45) is 0. The summed E-state index contributed by atoms with van der Waals surface area (Å²) < 4.78 is 10.2. The Morgan fingerprint density at radius 2 is 1.86 bits per heavy atom. The van der Waals surface area contributed by atoms with Crippen molar-refractivity contribution < 1.29 is 24.2 Å². The zero-order valence-electron chi connectivity index (χ0n) is 12.5. The van der Waals surface area contributed by atoms with E-state index in [1.165, 1.54) is 14.2 Å². The zero-order valence-corrected chi connectivity index (χ0v) is 12.5. The molecule has 0 heterocycles. The number of benzene rings is 1. The molecule has 0 unspecified atom stereocenters. The van der Waals surface area contributed by atoms with Crippen LogP contribution in [0.1, 0.15) is 13.8 Å². The standard InChI is InChI=1S/C14H20N2O5/c1-8(2)12(13(17)18)16-14(19)15-10-6-5-9(20-3)7-11(10)21-4/h5-8,12H,1-4H3,(H,17,18)(H2,15,16,19)/t12-/m0/s1. The molecule has 1 aromatic carbocycles. The number of hydrogen-bond acceptors (Lipinski definition) is 4. The third-order valence-corrected chi connectivity index (χ3v) is 2.88. The van der Waals surface area contributed by atoms with Crippen molar-refractivity contribution in [2.45, 2.75) is 19.9 Å². The lowest BCUT2D eigenvalue weighted by Crippen LogP contribution is -2.46. The van der Waals surface area contributed by atoms with Gasteiger partial charge in [-0.15, -0.1) is 0 Å². The fraction of sp³-hybridized carbons (Fsp3) is 0.429. The van der Waals surface area contributed by atoms with Gasteiger partial charge < -0.3 is 25.2 Å². The molecule has 0 saturated heterocycles. The highest BCUT2D eigenvalue weighted by molar-refractivity contribution is 5.93. The van der Waals surface area contributed by atoms with Gasteiger partial charge in [-0.25, -0.2) is 9.59 Å². The minimum atomic E-state index is -1.08. The van der Waals surface area contributed by atoms with Gasteiger partial charge in [-0.1, -0.05) is 13.8 Å². The van der Waals surface area contributed by atoms with Crippen molar-refractivity contribution in [3.63, 3.8) is 0 Å². The number of carboxylic acids is 1. The molecule has 7 heteroatoms. The highest BCUT2D eigenvalue weighted by Crippen LogP contribution is 2.28. The van der Waals surface area contributed by atoms with Gasteiger partial charge in [-0.3, -0.25) is 0 Å². The molecule has 2 amide bonds. The molecule has 0 spiro atoms. The summed E-state index contributed by atoms with van der Waals surface area (Å²) in [4.78, 5) is 22.9. The molecule has 3 N–H and O–H groups in total. The Balaban J connectivity index is 2.81. The average molecular weight is 296 g/mol. The van der Waals surface area contributed by atoms with Crippen LogP contribution in [-0.2, 0) is 4.79 Å². The van der Waals surface area contributed by atoms with E-state index in [1.54, 1.807) is 32.0 Å². The summed E-state index contributed by atoms with van der Waals surface area (Å²) in [7, 11) is 2.99. The summed E-state index contributed by atoms with van der Waals surface area (Å²) in [5.74, 6) is -0.308. The van der Waals surface area contributed by atoms with E-state index in [0.717, 1.165) is 0 Å². The van der Waals surface area contributed by atoms with Gasteiger partial charge in [-0.2, -0.15) is 0 Å². The van der Waals surface area contributed by atoms with E-state index >= 15 is 0 Å². The van der Waals surface area contributed by atoms with Gasteiger partial charge in [0.1, 0.15) is 17.5 Å². The first-order valence-corrected chi connectivity index (χ1v) is 6.41. The molecule has 0 aromatic heterocycles. The third kappa shape index (κ3) is 4.55. The van der Waals surface area contributed by atoms with Crippen LogP contribution in [0.2, 0.25) is 0 Å². The molecular weight excluding hydrogens is 276 g/mol.